The number of carbonyl (C=O) groups excluding carboxylic acids is 2. The number of carbonyl (C=O) groups is 3. The number of amides is 1. The summed E-state index contributed by atoms with van der Waals surface area (Å²) in [5.74, 6) is -4.26. The molecule has 1 atom stereocenters. The third kappa shape index (κ3) is 4.54. The first-order valence-electron chi connectivity index (χ1n) is 9.42. The first kappa shape index (κ1) is 22.3. The summed E-state index contributed by atoms with van der Waals surface area (Å²) in [5, 5.41) is 22.0. The zero-order valence-corrected chi connectivity index (χ0v) is 17.5. The van der Waals surface area contributed by atoms with Gasteiger partial charge in [-0.15, -0.1) is 0 Å². The van der Waals surface area contributed by atoms with Crippen molar-refractivity contribution in [2.75, 3.05) is 6.54 Å². The summed E-state index contributed by atoms with van der Waals surface area (Å²) in [7, 11) is 0. The summed E-state index contributed by atoms with van der Waals surface area (Å²) >= 11 is 5.99. The number of halogens is 2. The van der Waals surface area contributed by atoms with Crippen LogP contribution in [0.15, 0.2) is 36.4 Å². The van der Waals surface area contributed by atoms with Gasteiger partial charge in [0.2, 0.25) is 5.91 Å². The van der Waals surface area contributed by atoms with Crippen LogP contribution in [0.25, 0.3) is 10.9 Å². The van der Waals surface area contributed by atoms with Crippen molar-refractivity contribution in [3.63, 3.8) is 0 Å². The Morgan fingerprint density at radius 1 is 1.23 bits per heavy atom. The second kappa shape index (κ2) is 8.77. The molecule has 1 amide bonds. The highest BCUT2D eigenvalue weighted by molar-refractivity contribution is 6.31. The van der Waals surface area contributed by atoms with Crippen molar-refractivity contribution in [1.82, 2.24) is 9.88 Å². The number of aromatic hydroxyl groups is 1. The molecule has 7 nitrogen and oxygen atoms in total. The van der Waals surface area contributed by atoms with Gasteiger partial charge in [-0.25, -0.2) is 4.39 Å². The van der Waals surface area contributed by atoms with Crippen LogP contribution in [0, 0.1) is 18.7 Å². The second-order valence-electron chi connectivity index (χ2n) is 7.26. The topological polar surface area (TPSA) is 109 Å². The number of carboxylic acid groups (broad SMARTS) is 1. The Balaban J connectivity index is 2.05. The molecule has 0 bridgehead atoms. The monoisotopic (exact) mass is 446 g/mol. The summed E-state index contributed by atoms with van der Waals surface area (Å²) in [5.41, 5.74) is 1.28. The molecule has 0 fully saturated rings. The second-order valence-corrected chi connectivity index (χ2v) is 7.69. The van der Waals surface area contributed by atoms with Gasteiger partial charge in [-0.1, -0.05) is 24.6 Å². The largest absolute Gasteiger partial charge is 0.505 e. The first-order chi connectivity index (χ1) is 14.6. The van der Waals surface area contributed by atoms with Gasteiger partial charge in [-0.05, 0) is 36.8 Å². The minimum atomic E-state index is -1.04. The van der Waals surface area contributed by atoms with Crippen LogP contribution >= 0.6 is 11.6 Å². The maximum absolute atomic E-state index is 14.1. The average Bonchev–Trinajstić information content (AvgIpc) is 2.96. The van der Waals surface area contributed by atoms with Crippen molar-refractivity contribution in [3.8, 4) is 5.75 Å². The molecule has 3 N–H and O–H groups in total. The van der Waals surface area contributed by atoms with Crippen molar-refractivity contribution < 1.29 is 29.0 Å². The molecule has 0 aliphatic carbocycles. The van der Waals surface area contributed by atoms with E-state index in [1.54, 1.807) is 25.1 Å². The van der Waals surface area contributed by atoms with E-state index in [0.717, 1.165) is 6.07 Å². The Bertz CT molecular complexity index is 1200. The van der Waals surface area contributed by atoms with Gasteiger partial charge in [-0.2, -0.15) is 0 Å². The Hall–Kier alpha value is -3.39. The molecule has 3 aromatic rings. The van der Waals surface area contributed by atoms with Crippen LogP contribution in [0.5, 0.6) is 5.75 Å². The number of nitrogens with zero attached hydrogens (tertiary/aromatic N) is 1. The quantitative estimate of drug-likeness (QED) is 0.537. The molecule has 2 aromatic carbocycles. The Kier molecular flexibility index (Phi) is 6.31. The van der Waals surface area contributed by atoms with E-state index in [1.807, 2.05) is 0 Å². The van der Waals surface area contributed by atoms with Crippen LogP contribution in [-0.4, -0.2) is 39.1 Å². The van der Waals surface area contributed by atoms with Crippen molar-refractivity contribution >= 4 is 40.3 Å². The van der Waals surface area contributed by atoms with Crippen molar-refractivity contribution in [3.05, 3.63) is 64.1 Å². The predicted molar refractivity (Wildman–Crippen MR) is 113 cm³/mol. The van der Waals surface area contributed by atoms with Gasteiger partial charge in [-0.3, -0.25) is 19.0 Å². The Labute approximate surface area is 182 Å². The molecule has 31 heavy (non-hydrogen) atoms. The highest BCUT2D eigenvalue weighted by atomic mass is 35.5. The van der Waals surface area contributed by atoms with Gasteiger partial charge in [0.1, 0.15) is 0 Å². The van der Waals surface area contributed by atoms with Crippen molar-refractivity contribution in [1.29, 1.82) is 0 Å². The van der Waals surface area contributed by atoms with Crippen LogP contribution < -0.4 is 5.32 Å². The molecular formula is C22H20ClFN2O5. The number of hydrogen-bond acceptors (Lipinski definition) is 4. The molecule has 0 aliphatic rings. The third-order valence-electron chi connectivity index (χ3n) is 5.04. The summed E-state index contributed by atoms with van der Waals surface area (Å²) in [4.78, 5) is 36.5. The lowest BCUT2D eigenvalue weighted by atomic mass is 10.1. The maximum Gasteiger partial charge on any atom is 0.308 e. The van der Waals surface area contributed by atoms with Crippen LogP contribution in [-0.2, 0) is 16.0 Å². The van der Waals surface area contributed by atoms with Gasteiger partial charge in [0.25, 0.3) is 5.91 Å². The predicted octanol–water partition coefficient (Wildman–Crippen LogP) is 3.52. The lowest BCUT2D eigenvalue weighted by molar-refractivity contribution is -0.141. The number of phenolic OH excluding ortho intramolecular Hbond substituents is 1. The number of hydrogen-bond donors (Lipinski definition) is 3. The SMILES string of the molecule is Cc1c(CC(=O)NCC(C)C(=O)O)c2cc(O)c(F)cc2n1C(=O)c1cccc(Cl)c1. The number of benzene rings is 2. The van der Waals surface area contributed by atoms with E-state index >= 15 is 0 Å². The summed E-state index contributed by atoms with van der Waals surface area (Å²) in [6.45, 7) is 3.01. The molecule has 162 valence electrons. The molecule has 9 heteroatoms. The van der Waals surface area contributed by atoms with Gasteiger partial charge in [0, 0.05) is 34.3 Å². The number of aliphatic carboxylic acids is 1. The molecule has 0 saturated heterocycles. The van der Waals surface area contributed by atoms with Gasteiger partial charge in [0.15, 0.2) is 11.6 Å². The first-order valence-corrected chi connectivity index (χ1v) is 9.80. The van der Waals surface area contributed by atoms with E-state index in [1.165, 1.54) is 23.6 Å². The maximum atomic E-state index is 14.1. The van der Waals surface area contributed by atoms with Crippen molar-refractivity contribution in [2.45, 2.75) is 20.3 Å². The number of aromatic nitrogens is 1. The van der Waals surface area contributed by atoms with Crippen LogP contribution in [0.2, 0.25) is 5.02 Å². The molecule has 1 heterocycles. The van der Waals surface area contributed by atoms with Gasteiger partial charge < -0.3 is 15.5 Å². The molecule has 0 saturated carbocycles. The molecule has 1 unspecified atom stereocenters. The van der Waals surface area contributed by atoms with Gasteiger partial charge >= 0.3 is 5.97 Å². The van der Waals surface area contributed by atoms with E-state index in [4.69, 9.17) is 16.7 Å². The fraction of sp³-hybridized carbons (Fsp3) is 0.227. The van der Waals surface area contributed by atoms with Crippen LogP contribution in [0.3, 0.4) is 0 Å². The standard InChI is InChI=1S/C22H20ClFN2O5/c1-11(22(30)31)10-25-20(28)8-15-12(2)26(18-9-17(24)19(27)7-16(15)18)21(29)13-4-3-5-14(23)6-13/h3-7,9,11,27H,8,10H2,1-2H3,(H,25,28)(H,30,31). The summed E-state index contributed by atoms with van der Waals surface area (Å²) in [6.07, 6.45) is -0.185. The van der Waals surface area contributed by atoms with Gasteiger partial charge in [0.05, 0.1) is 17.9 Å². The van der Waals surface area contributed by atoms with Crippen LogP contribution in [0.4, 0.5) is 4.39 Å². The number of carboxylic acids is 1. The minimum absolute atomic E-state index is 0.0623. The zero-order chi connectivity index (χ0) is 22.9. The van der Waals surface area contributed by atoms with Crippen LogP contribution in [0.1, 0.15) is 28.5 Å². The molecule has 0 aliphatic heterocycles. The molecule has 1 aromatic heterocycles. The Morgan fingerprint density at radius 3 is 2.58 bits per heavy atom. The van der Waals surface area contributed by atoms with Crippen molar-refractivity contribution in [2.24, 2.45) is 5.92 Å². The lowest BCUT2D eigenvalue weighted by Crippen LogP contribution is -2.32. The normalized spacial score (nSPS) is 12.0. The van der Waals surface area contributed by atoms with E-state index in [0.29, 0.717) is 21.7 Å². The van der Waals surface area contributed by atoms with E-state index < -0.39 is 35.3 Å². The highest BCUT2D eigenvalue weighted by Gasteiger charge is 2.23. The summed E-state index contributed by atoms with van der Waals surface area (Å²) in [6, 6.07) is 8.48. The lowest BCUT2D eigenvalue weighted by Gasteiger charge is -2.09. The van der Waals surface area contributed by atoms with E-state index in [-0.39, 0.29) is 24.0 Å². The zero-order valence-electron chi connectivity index (χ0n) is 16.8. The molecule has 0 spiro atoms. The number of nitrogens with one attached hydrogen (secondary N) is 1. The minimum Gasteiger partial charge on any atom is -0.505 e. The highest BCUT2D eigenvalue weighted by Crippen LogP contribution is 2.32. The smallest absolute Gasteiger partial charge is 0.308 e. The molecule has 3 rings (SSSR count). The number of fused-ring (bicyclic) bond motifs is 1. The van der Waals surface area contributed by atoms with E-state index in [2.05, 4.69) is 5.32 Å². The fourth-order valence-corrected chi connectivity index (χ4v) is 3.49. The summed E-state index contributed by atoms with van der Waals surface area (Å²) < 4.78 is 15.4. The number of rotatable bonds is 6. The molecular weight excluding hydrogens is 427 g/mol. The van der Waals surface area contributed by atoms with E-state index in [9.17, 15) is 23.9 Å². The third-order valence-corrected chi connectivity index (χ3v) is 5.28. The average molecular weight is 447 g/mol. The number of phenols is 1. The Morgan fingerprint density at radius 2 is 1.94 bits per heavy atom. The molecule has 0 radical (unpaired) electrons. The fourth-order valence-electron chi connectivity index (χ4n) is 3.30.